The van der Waals surface area contributed by atoms with Crippen molar-refractivity contribution >= 4 is 12.2 Å². The smallest absolute Gasteiger partial charge is 0.195 e. The van der Waals surface area contributed by atoms with E-state index in [1.54, 1.807) is 0 Å². The Hall–Kier alpha value is -1.86. The zero-order valence-corrected chi connectivity index (χ0v) is 15.6. The number of hydrogen-bond acceptors (Lipinski definition) is 5. The molecule has 25 heavy (non-hydrogen) atoms. The lowest BCUT2D eigenvalue weighted by Crippen LogP contribution is -2.17. The van der Waals surface area contributed by atoms with Crippen molar-refractivity contribution in [3.63, 3.8) is 0 Å². The van der Waals surface area contributed by atoms with Gasteiger partial charge >= 0.3 is 0 Å². The van der Waals surface area contributed by atoms with Gasteiger partial charge in [-0.05, 0) is 56.6 Å². The zero-order chi connectivity index (χ0) is 17.6. The number of benzene rings is 1. The average Bonchev–Trinajstić information content (AvgIpc) is 3.23. The lowest BCUT2D eigenvalue weighted by molar-refractivity contribution is 0.0960. The van der Waals surface area contributed by atoms with Crippen molar-refractivity contribution < 1.29 is 14.2 Å². The topological polar surface area (TPSA) is 61.3 Å². The van der Waals surface area contributed by atoms with E-state index in [-0.39, 0.29) is 6.10 Å². The predicted molar refractivity (Wildman–Crippen MR) is 98.0 cm³/mol. The Morgan fingerprint density at radius 1 is 1.28 bits per heavy atom. The fourth-order valence-corrected chi connectivity index (χ4v) is 3.28. The summed E-state index contributed by atoms with van der Waals surface area (Å²) in [5.41, 5.74) is 1.11. The van der Waals surface area contributed by atoms with Gasteiger partial charge in [0.2, 0.25) is 0 Å². The van der Waals surface area contributed by atoms with Gasteiger partial charge in [0.25, 0.3) is 0 Å². The molecule has 1 unspecified atom stereocenters. The Kier molecular flexibility index (Phi) is 6.09. The minimum atomic E-state index is 0.224. The van der Waals surface area contributed by atoms with Crippen LogP contribution >= 0.6 is 12.2 Å². The average molecular weight is 363 g/mol. The molecule has 0 amide bonds. The van der Waals surface area contributed by atoms with Crippen molar-refractivity contribution in [1.82, 2.24) is 14.8 Å². The molecule has 1 N–H and O–H groups in total. The molecule has 3 rings (SSSR count). The monoisotopic (exact) mass is 363 g/mol. The summed E-state index contributed by atoms with van der Waals surface area (Å²) in [7, 11) is 0. The third kappa shape index (κ3) is 4.41. The summed E-state index contributed by atoms with van der Waals surface area (Å²) < 4.78 is 19.8. The molecule has 1 fully saturated rings. The molecule has 7 heteroatoms. The molecule has 1 aliphatic heterocycles. The van der Waals surface area contributed by atoms with E-state index in [9.17, 15) is 0 Å². The highest BCUT2D eigenvalue weighted by molar-refractivity contribution is 7.71. The van der Waals surface area contributed by atoms with E-state index in [2.05, 4.69) is 10.2 Å². The van der Waals surface area contributed by atoms with Crippen LogP contribution in [0.25, 0.3) is 0 Å². The molecule has 136 valence electrons. The second-order valence-corrected chi connectivity index (χ2v) is 6.40. The van der Waals surface area contributed by atoms with Crippen LogP contribution in [0.5, 0.6) is 11.5 Å². The van der Waals surface area contributed by atoms with Crippen LogP contribution in [0.3, 0.4) is 0 Å². The van der Waals surface area contributed by atoms with Gasteiger partial charge in [0.15, 0.2) is 16.3 Å². The Morgan fingerprint density at radius 3 is 2.80 bits per heavy atom. The minimum Gasteiger partial charge on any atom is -0.490 e. The molecule has 2 aromatic rings. The summed E-state index contributed by atoms with van der Waals surface area (Å²) in [5.74, 6) is 2.44. The number of aromatic amines is 1. The molecule has 0 aliphatic carbocycles. The normalized spacial score (nSPS) is 17.0. The van der Waals surface area contributed by atoms with E-state index < -0.39 is 0 Å². The first-order valence-electron chi connectivity index (χ1n) is 8.85. The molecule has 0 saturated carbocycles. The highest BCUT2D eigenvalue weighted by atomic mass is 32.1. The van der Waals surface area contributed by atoms with E-state index >= 15 is 0 Å². The molecule has 0 spiro atoms. The van der Waals surface area contributed by atoms with Gasteiger partial charge in [-0.3, -0.25) is 5.10 Å². The number of H-pyrrole nitrogens is 1. The first kappa shape index (κ1) is 17.9. The molecular weight excluding hydrogens is 338 g/mol. The first-order valence-corrected chi connectivity index (χ1v) is 9.26. The summed E-state index contributed by atoms with van der Waals surface area (Å²) in [6, 6.07) is 6.01. The van der Waals surface area contributed by atoms with E-state index in [1.807, 2.05) is 36.6 Å². The number of rotatable bonds is 8. The van der Waals surface area contributed by atoms with Crippen LogP contribution in [-0.4, -0.2) is 40.7 Å². The van der Waals surface area contributed by atoms with Crippen LogP contribution in [0.15, 0.2) is 18.2 Å². The Bertz CT molecular complexity index is 750. The molecule has 1 saturated heterocycles. The maximum absolute atomic E-state index is 5.73. The van der Waals surface area contributed by atoms with Crippen molar-refractivity contribution in [2.75, 3.05) is 19.8 Å². The van der Waals surface area contributed by atoms with E-state index in [4.69, 9.17) is 26.4 Å². The molecular formula is C18H25N3O3S. The Labute approximate surface area is 153 Å². The minimum absolute atomic E-state index is 0.224. The van der Waals surface area contributed by atoms with Crippen molar-refractivity contribution in [3.8, 4) is 11.5 Å². The molecule has 0 bridgehead atoms. The predicted octanol–water partition coefficient (Wildman–Crippen LogP) is 3.51. The summed E-state index contributed by atoms with van der Waals surface area (Å²) in [6.07, 6.45) is 3.08. The van der Waals surface area contributed by atoms with E-state index in [0.717, 1.165) is 48.9 Å². The molecule has 1 aromatic carbocycles. The molecule has 2 heterocycles. The fourth-order valence-electron chi connectivity index (χ4n) is 3.05. The molecule has 0 radical (unpaired) electrons. The van der Waals surface area contributed by atoms with Crippen LogP contribution in [0.2, 0.25) is 0 Å². The number of hydrogen-bond donors (Lipinski definition) is 1. The number of nitrogens with one attached hydrogen (secondary N) is 1. The number of ether oxygens (including phenoxy) is 3. The van der Waals surface area contributed by atoms with Crippen molar-refractivity contribution in [2.45, 2.75) is 45.8 Å². The quantitative estimate of drug-likeness (QED) is 0.727. The summed E-state index contributed by atoms with van der Waals surface area (Å²) in [5, 5.41) is 7.31. The van der Waals surface area contributed by atoms with Gasteiger partial charge in [-0.1, -0.05) is 6.07 Å². The SMILES string of the molecule is CCOc1ccc(Cc2n[nH]c(=S)n2CC2CCCO2)cc1OCC. The van der Waals surface area contributed by atoms with Crippen LogP contribution in [0.4, 0.5) is 0 Å². The van der Waals surface area contributed by atoms with Crippen molar-refractivity contribution in [3.05, 3.63) is 34.4 Å². The van der Waals surface area contributed by atoms with Gasteiger partial charge in [0, 0.05) is 13.0 Å². The lowest BCUT2D eigenvalue weighted by atomic mass is 10.1. The molecule has 1 atom stereocenters. The second kappa shape index (κ2) is 8.49. The standard InChI is InChI=1S/C18H25N3O3S/c1-3-22-15-8-7-13(10-16(15)23-4-2)11-17-19-20-18(25)21(17)12-14-6-5-9-24-14/h7-8,10,14H,3-6,9,11-12H2,1-2H3,(H,20,25). The van der Waals surface area contributed by atoms with E-state index in [1.165, 1.54) is 0 Å². The number of nitrogens with zero attached hydrogens (tertiary/aromatic N) is 2. The first-order chi connectivity index (χ1) is 12.2. The van der Waals surface area contributed by atoms with Crippen molar-refractivity contribution in [1.29, 1.82) is 0 Å². The molecule has 1 aromatic heterocycles. The van der Waals surface area contributed by atoms with Gasteiger partial charge < -0.3 is 18.8 Å². The summed E-state index contributed by atoms with van der Waals surface area (Å²) in [4.78, 5) is 0. The largest absolute Gasteiger partial charge is 0.490 e. The molecule has 6 nitrogen and oxygen atoms in total. The van der Waals surface area contributed by atoms with Gasteiger partial charge in [-0.25, -0.2) is 0 Å². The van der Waals surface area contributed by atoms with E-state index in [0.29, 0.717) is 24.4 Å². The Balaban J connectivity index is 1.80. The van der Waals surface area contributed by atoms with Gasteiger partial charge in [0.1, 0.15) is 5.82 Å². The third-order valence-electron chi connectivity index (χ3n) is 4.22. The second-order valence-electron chi connectivity index (χ2n) is 6.01. The fraction of sp³-hybridized carbons (Fsp3) is 0.556. The zero-order valence-electron chi connectivity index (χ0n) is 14.8. The lowest BCUT2D eigenvalue weighted by Gasteiger charge is -2.14. The van der Waals surface area contributed by atoms with Crippen LogP contribution < -0.4 is 9.47 Å². The Morgan fingerprint density at radius 2 is 2.08 bits per heavy atom. The van der Waals surface area contributed by atoms with Gasteiger partial charge in [0.05, 0.1) is 25.9 Å². The third-order valence-corrected chi connectivity index (χ3v) is 4.53. The van der Waals surface area contributed by atoms with Gasteiger partial charge in [-0.2, -0.15) is 5.10 Å². The van der Waals surface area contributed by atoms with Crippen LogP contribution in [0, 0.1) is 4.77 Å². The summed E-state index contributed by atoms with van der Waals surface area (Å²) >= 11 is 5.39. The van der Waals surface area contributed by atoms with Crippen LogP contribution in [-0.2, 0) is 17.7 Å². The van der Waals surface area contributed by atoms with Gasteiger partial charge in [-0.15, -0.1) is 0 Å². The van der Waals surface area contributed by atoms with Crippen molar-refractivity contribution in [2.24, 2.45) is 0 Å². The highest BCUT2D eigenvalue weighted by Gasteiger charge is 2.19. The maximum atomic E-state index is 5.73. The molecule has 1 aliphatic rings. The maximum Gasteiger partial charge on any atom is 0.195 e. The van der Waals surface area contributed by atoms with Crippen LogP contribution in [0.1, 0.15) is 38.1 Å². The highest BCUT2D eigenvalue weighted by Crippen LogP contribution is 2.29. The summed E-state index contributed by atoms with van der Waals surface area (Å²) in [6.45, 7) is 6.73. The number of aromatic nitrogens is 3.